The molecule has 0 aliphatic carbocycles. The van der Waals surface area contributed by atoms with Gasteiger partial charge >= 0.3 is 0 Å². The van der Waals surface area contributed by atoms with Crippen LogP contribution < -0.4 is 5.32 Å². The predicted molar refractivity (Wildman–Crippen MR) is 84.2 cm³/mol. The second kappa shape index (κ2) is 6.58. The molecule has 2 aromatic rings. The largest absolute Gasteiger partial charge is 0.470 e. The molecule has 1 atom stereocenters. The number of anilines is 1. The third-order valence-electron chi connectivity index (χ3n) is 3.43. The summed E-state index contributed by atoms with van der Waals surface area (Å²) in [5.74, 6) is -0.362. The topological polar surface area (TPSA) is 70.9 Å². The zero-order valence-electron chi connectivity index (χ0n) is 12.2. The molecule has 1 aliphatic rings. The van der Waals surface area contributed by atoms with Gasteiger partial charge in [0.2, 0.25) is 5.90 Å². The molecule has 0 saturated heterocycles. The molecular formula is C17H15FN2O3. The summed E-state index contributed by atoms with van der Waals surface area (Å²) in [6.45, 7) is 0.267. The van der Waals surface area contributed by atoms with E-state index < -0.39 is 5.82 Å². The number of halogens is 1. The minimum absolute atomic E-state index is 0.114. The van der Waals surface area contributed by atoms with Crippen LogP contribution in [0.1, 0.15) is 15.9 Å². The molecule has 5 nitrogen and oxygen atoms in total. The number of para-hydroxylation sites is 1. The number of aliphatic hydroxyl groups excluding tert-OH is 1. The van der Waals surface area contributed by atoms with Gasteiger partial charge in [-0.05, 0) is 36.4 Å². The molecule has 1 aliphatic heterocycles. The Morgan fingerprint density at radius 2 is 2.00 bits per heavy atom. The number of carbonyl (C=O) groups excluding carboxylic acids is 1. The fourth-order valence-electron chi connectivity index (χ4n) is 2.24. The summed E-state index contributed by atoms with van der Waals surface area (Å²) in [7, 11) is 0. The Balaban J connectivity index is 1.81. The zero-order chi connectivity index (χ0) is 16.2. The van der Waals surface area contributed by atoms with E-state index >= 15 is 0 Å². The standard InChI is InChI=1S/C17H15FN2O3/c18-12-7-5-11(6-8-12)16(22)20-15-4-2-1-3-14(15)17-19-9-13(10-21)23-17/h1-8,13,21H,9-10H2,(H,20,22). The first-order chi connectivity index (χ1) is 11.2. The number of rotatable bonds is 4. The molecule has 6 heteroatoms. The van der Waals surface area contributed by atoms with Crippen molar-refractivity contribution in [1.82, 2.24) is 0 Å². The van der Waals surface area contributed by atoms with Crippen molar-refractivity contribution >= 4 is 17.5 Å². The Kier molecular flexibility index (Phi) is 4.34. The van der Waals surface area contributed by atoms with Gasteiger partial charge in [-0.1, -0.05) is 12.1 Å². The van der Waals surface area contributed by atoms with E-state index in [-0.39, 0.29) is 18.6 Å². The van der Waals surface area contributed by atoms with E-state index in [1.807, 2.05) is 0 Å². The normalized spacial score (nSPS) is 16.6. The van der Waals surface area contributed by atoms with Crippen molar-refractivity contribution in [3.05, 3.63) is 65.5 Å². The molecule has 1 amide bonds. The van der Waals surface area contributed by atoms with Crippen LogP contribution in [-0.4, -0.2) is 36.2 Å². The maximum absolute atomic E-state index is 12.9. The summed E-state index contributed by atoms with van der Waals surface area (Å²) in [6, 6.07) is 12.4. The lowest BCUT2D eigenvalue weighted by atomic mass is 10.1. The van der Waals surface area contributed by atoms with Crippen LogP contribution in [-0.2, 0) is 4.74 Å². The number of nitrogens with zero attached hydrogens (tertiary/aromatic N) is 1. The highest BCUT2D eigenvalue weighted by Gasteiger charge is 2.22. The molecule has 0 fully saturated rings. The van der Waals surface area contributed by atoms with Gasteiger partial charge in [0.15, 0.2) is 0 Å². The van der Waals surface area contributed by atoms with Gasteiger partial charge in [-0.25, -0.2) is 9.38 Å². The Bertz CT molecular complexity index is 744. The van der Waals surface area contributed by atoms with Gasteiger partial charge in [0, 0.05) is 5.56 Å². The molecule has 0 radical (unpaired) electrons. The van der Waals surface area contributed by atoms with Crippen LogP contribution in [0, 0.1) is 5.82 Å². The smallest absolute Gasteiger partial charge is 0.255 e. The molecule has 3 rings (SSSR count). The molecule has 0 saturated carbocycles. The van der Waals surface area contributed by atoms with E-state index in [9.17, 15) is 9.18 Å². The summed E-state index contributed by atoms with van der Waals surface area (Å²) < 4.78 is 18.5. The fraction of sp³-hybridized carbons (Fsp3) is 0.176. The van der Waals surface area contributed by atoms with E-state index in [4.69, 9.17) is 9.84 Å². The van der Waals surface area contributed by atoms with Gasteiger partial charge < -0.3 is 15.2 Å². The summed E-state index contributed by atoms with van der Waals surface area (Å²) in [6.07, 6.45) is -0.356. The van der Waals surface area contributed by atoms with Gasteiger partial charge in [-0.15, -0.1) is 0 Å². The number of carbonyl (C=O) groups is 1. The van der Waals surface area contributed by atoms with E-state index in [1.165, 1.54) is 24.3 Å². The Morgan fingerprint density at radius 3 is 2.70 bits per heavy atom. The molecule has 0 aromatic heterocycles. The summed E-state index contributed by atoms with van der Waals surface area (Å²) in [5, 5.41) is 11.9. The molecule has 0 spiro atoms. The number of hydrogen-bond donors (Lipinski definition) is 2. The van der Waals surface area contributed by atoms with Crippen molar-refractivity contribution in [3.8, 4) is 0 Å². The average Bonchev–Trinajstić information content (AvgIpc) is 3.05. The highest BCUT2D eigenvalue weighted by Crippen LogP contribution is 2.21. The molecule has 1 heterocycles. The van der Waals surface area contributed by atoms with Crippen LogP contribution in [0.2, 0.25) is 0 Å². The number of benzene rings is 2. The third kappa shape index (κ3) is 3.37. The molecule has 0 bridgehead atoms. The lowest BCUT2D eigenvalue weighted by Gasteiger charge is -2.12. The highest BCUT2D eigenvalue weighted by atomic mass is 19.1. The van der Waals surface area contributed by atoms with Crippen molar-refractivity contribution in [3.63, 3.8) is 0 Å². The van der Waals surface area contributed by atoms with Gasteiger partial charge in [0.1, 0.15) is 11.9 Å². The van der Waals surface area contributed by atoms with E-state index in [1.54, 1.807) is 24.3 Å². The number of nitrogens with one attached hydrogen (secondary N) is 1. The quantitative estimate of drug-likeness (QED) is 0.909. The van der Waals surface area contributed by atoms with E-state index in [0.29, 0.717) is 29.3 Å². The van der Waals surface area contributed by atoms with Crippen molar-refractivity contribution in [2.45, 2.75) is 6.10 Å². The monoisotopic (exact) mass is 314 g/mol. The van der Waals surface area contributed by atoms with Crippen LogP contribution in [0.4, 0.5) is 10.1 Å². The molecule has 2 aromatic carbocycles. The fourth-order valence-corrected chi connectivity index (χ4v) is 2.24. The summed E-state index contributed by atoms with van der Waals surface area (Å²) in [5.41, 5.74) is 1.53. The minimum atomic E-state index is -0.397. The summed E-state index contributed by atoms with van der Waals surface area (Å²) >= 11 is 0. The number of amides is 1. The number of hydrogen-bond acceptors (Lipinski definition) is 4. The molecule has 2 N–H and O–H groups in total. The van der Waals surface area contributed by atoms with E-state index in [0.717, 1.165) is 0 Å². The van der Waals surface area contributed by atoms with E-state index in [2.05, 4.69) is 10.3 Å². The maximum Gasteiger partial charge on any atom is 0.255 e. The predicted octanol–water partition coefficient (Wildman–Crippen LogP) is 2.22. The lowest BCUT2D eigenvalue weighted by molar-refractivity contribution is 0.102. The Hall–Kier alpha value is -2.73. The Labute approximate surface area is 132 Å². The number of aliphatic imine (C=N–C) groups is 1. The average molecular weight is 314 g/mol. The maximum atomic E-state index is 12.9. The van der Waals surface area contributed by atoms with Gasteiger partial charge in [0.25, 0.3) is 5.91 Å². The molecular weight excluding hydrogens is 299 g/mol. The highest BCUT2D eigenvalue weighted by molar-refractivity contribution is 6.09. The molecule has 118 valence electrons. The van der Waals surface area contributed by atoms with Crippen molar-refractivity contribution < 1.29 is 19.0 Å². The lowest BCUT2D eigenvalue weighted by Crippen LogP contribution is -2.19. The van der Waals surface area contributed by atoms with Crippen LogP contribution in [0.15, 0.2) is 53.5 Å². The second-order valence-electron chi connectivity index (χ2n) is 5.07. The summed E-state index contributed by atoms with van der Waals surface area (Å²) in [4.78, 5) is 16.5. The second-order valence-corrected chi connectivity index (χ2v) is 5.07. The van der Waals surface area contributed by atoms with Crippen molar-refractivity contribution in [2.24, 2.45) is 4.99 Å². The SMILES string of the molecule is O=C(Nc1ccccc1C1=NCC(CO)O1)c1ccc(F)cc1. The van der Waals surface area contributed by atoms with Crippen LogP contribution >= 0.6 is 0 Å². The zero-order valence-corrected chi connectivity index (χ0v) is 12.2. The first-order valence-electron chi connectivity index (χ1n) is 7.15. The first-order valence-corrected chi connectivity index (χ1v) is 7.15. The third-order valence-corrected chi connectivity index (χ3v) is 3.43. The van der Waals surface area contributed by atoms with Gasteiger partial charge in [0.05, 0.1) is 24.4 Å². The van der Waals surface area contributed by atoms with Crippen LogP contribution in [0.3, 0.4) is 0 Å². The Morgan fingerprint density at radius 1 is 1.26 bits per heavy atom. The van der Waals surface area contributed by atoms with Crippen molar-refractivity contribution in [2.75, 3.05) is 18.5 Å². The molecule has 1 unspecified atom stereocenters. The van der Waals surface area contributed by atoms with Crippen LogP contribution in [0.5, 0.6) is 0 Å². The first kappa shape index (κ1) is 15.2. The number of aliphatic hydroxyl groups is 1. The van der Waals surface area contributed by atoms with Crippen LogP contribution in [0.25, 0.3) is 0 Å². The minimum Gasteiger partial charge on any atom is -0.470 e. The van der Waals surface area contributed by atoms with Crippen molar-refractivity contribution in [1.29, 1.82) is 0 Å². The molecule has 23 heavy (non-hydrogen) atoms. The van der Waals surface area contributed by atoms with Gasteiger partial charge in [-0.2, -0.15) is 0 Å². The van der Waals surface area contributed by atoms with Gasteiger partial charge in [-0.3, -0.25) is 4.79 Å². The number of ether oxygens (including phenoxy) is 1.